The minimum Gasteiger partial charge on any atom is -0.735 e. The Morgan fingerprint density at radius 3 is 2.64 bits per heavy atom. The highest BCUT2D eigenvalue weighted by Crippen LogP contribution is 2.38. The third-order valence-electron chi connectivity index (χ3n) is 6.52. The van der Waals surface area contributed by atoms with Crippen molar-refractivity contribution in [3.63, 3.8) is 0 Å². The first-order chi connectivity index (χ1) is 18.6. The number of hydrazone groups is 1. The predicted molar refractivity (Wildman–Crippen MR) is 146 cm³/mol. The van der Waals surface area contributed by atoms with Crippen LogP contribution >= 0.6 is 0 Å². The molecule has 4 N–H and O–H groups in total. The number of hydrogen-bond donors (Lipinski definition) is 3. The van der Waals surface area contributed by atoms with Gasteiger partial charge < -0.3 is 31.5 Å². The van der Waals surface area contributed by atoms with E-state index in [-0.39, 0.29) is 41.1 Å². The van der Waals surface area contributed by atoms with Crippen LogP contribution in [0.4, 0.5) is 5.69 Å². The molecule has 10 heteroatoms. The predicted octanol–water partition coefficient (Wildman–Crippen LogP) is 3.07. The average Bonchev–Trinajstić information content (AvgIpc) is 2.91. The van der Waals surface area contributed by atoms with Crippen molar-refractivity contribution < 1.29 is 19.1 Å². The largest absolute Gasteiger partial charge is 0.735 e. The first-order valence-electron chi connectivity index (χ1n) is 12.4. The summed E-state index contributed by atoms with van der Waals surface area (Å²) in [6, 6.07) is 13.8. The first kappa shape index (κ1) is 27.2. The number of nitrogens with two attached hydrogens (primary N) is 1. The van der Waals surface area contributed by atoms with Crippen LogP contribution in [0, 0.1) is 23.5 Å². The summed E-state index contributed by atoms with van der Waals surface area (Å²) in [5, 5.41) is 21.5. The summed E-state index contributed by atoms with van der Waals surface area (Å²) in [6.07, 6.45) is 5.68. The molecule has 0 radical (unpaired) electrons. The number of esters is 1. The van der Waals surface area contributed by atoms with Gasteiger partial charge in [-0.1, -0.05) is 37.1 Å². The molecule has 0 fully saturated rings. The lowest BCUT2D eigenvalue weighted by Gasteiger charge is -2.31. The minimum atomic E-state index is -0.837. The molecule has 0 spiro atoms. The monoisotopic (exact) mass is 526 g/mol. The summed E-state index contributed by atoms with van der Waals surface area (Å²) < 4.78 is 5.27. The number of hydroxylamine groups is 1. The van der Waals surface area contributed by atoms with Crippen LogP contribution in [0.1, 0.15) is 49.8 Å². The average molecular weight is 527 g/mol. The second-order valence-corrected chi connectivity index (χ2v) is 9.20. The molecule has 2 aromatic carbocycles. The Morgan fingerprint density at radius 2 is 1.97 bits per heavy atom. The zero-order chi connectivity index (χ0) is 28.3. The van der Waals surface area contributed by atoms with Gasteiger partial charge in [-0.05, 0) is 49.2 Å². The molecule has 2 aliphatic heterocycles. The number of benzene rings is 2. The number of rotatable bonds is 6. The molecule has 4 rings (SSSR count). The maximum absolute atomic E-state index is 13.7. The molecular formula is C29H28N5O5-. The molecular weight excluding hydrogens is 498 g/mol. The van der Waals surface area contributed by atoms with Gasteiger partial charge in [-0.2, -0.15) is 5.10 Å². The van der Waals surface area contributed by atoms with E-state index in [9.17, 15) is 19.6 Å². The van der Waals surface area contributed by atoms with Crippen LogP contribution < -0.4 is 16.4 Å². The van der Waals surface area contributed by atoms with Crippen LogP contribution in [0.2, 0.25) is 0 Å². The van der Waals surface area contributed by atoms with Gasteiger partial charge in [-0.3, -0.25) is 9.59 Å². The van der Waals surface area contributed by atoms with E-state index in [0.29, 0.717) is 33.8 Å². The van der Waals surface area contributed by atoms with Crippen molar-refractivity contribution in [2.24, 2.45) is 16.8 Å². The smallest absolute Gasteiger partial charge is 0.338 e. The quantitative estimate of drug-likeness (QED) is 0.387. The van der Waals surface area contributed by atoms with Crippen LogP contribution in [-0.2, 0) is 19.1 Å². The molecule has 200 valence electrons. The summed E-state index contributed by atoms with van der Waals surface area (Å²) in [5.41, 5.74) is 9.90. The van der Waals surface area contributed by atoms with Gasteiger partial charge in [-0.15, -0.1) is 6.42 Å². The molecule has 39 heavy (non-hydrogen) atoms. The SMILES string of the molecule is C#Cc1cccc(C2C(C(=O)Nc3ccc(C4=NN([O-])C(=O)CC4C)cc3)=C(C)NC(N)=C2C(=O)OCC)c1. The van der Waals surface area contributed by atoms with Crippen LogP contribution in [0.25, 0.3) is 0 Å². The lowest BCUT2D eigenvalue weighted by atomic mass is 9.80. The fraction of sp³-hybridized carbons (Fsp3) is 0.241. The number of nitrogens with one attached hydrogen (secondary N) is 2. The summed E-state index contributed by atoms with van der Waals surface area (Å²) in [6.45, 7) is 5.33. The van der Waals surface area contributed by atoms with E-state index < -0.39 is 23.7 Å². The molecule has 2 aromatic rings. The number of dihydropyridines is 1. The van der Waals surface area contributed by atoms with E-state index in [0.717, 1.165) is 0 Å². The minimum absolute atomic E-state index is 0.0724. The fourth-order valence-corrected chi connectivity index (χ4v) is 4.69. The standard InChI is InChI=1S/C29H28N5O5/c1-5-18-8-7-9-20(15-18)24-23(17(4)31-27(30)25(24)29(37)39-6-2)28(36)32-21-12-10-19(11-13-21)26-16(3)14-22(35)34(38)33-26/h1,7-13,15-16,24,31H,6,14,30H2,2-4H3,(H,32,36)/q-1. The van der Waals surface area contributed by atoms with E-state index in [1.807, 2.05) is 6.92 Å². The zero-order valence-electron chi connectivity index (χ0n) is 21.8. The number of nitrogens with zero attached hydrogens (tertiary/aromatic N) is 2. The highest BCUT2D eigenvalue weighted by molar-refractivity contribution is 6.09. The summed E-state index contributed by atoms with van der Waals surface area (Å²) in [5.74, 6) is -0.0765. The Morgan fingerprint density at radius 1 is 1.26 bits per heavy atom. The third-order valence-corrected chi connectivity index (χ3v) is 6.52. The van der Waals surface area contributed by atoms with E-state index in [2.05, 4.69) is 21.7 Å². The zero-order valence-corrected chi connectivity index (χ0v) is 21.8. The van der Waals surface area contributed by atoms with E-state index in [1.165, 1.54) is 0 Å². The van der Waals surface area contributed by atoms with Gasteiger partial charge in [0.2, 0.25) is 5.91 Å². The molecule has 0 aromatic heterocycles. The number of hydrogen-bond acceptors (Lipinski definition) is 8. The van der Waals surface area contributed by atoms with Crippen molar-refractivity contribution in [2.45, 2.75) is 33.1 Å². The second-order valence-electron chi connectivity index (χ2n) is 9.20. The van der Waals surface area contributed by atoms with Crippen LogP contribution in [0.5, 0.6) is 0 Å². The Labute approximate surface area is 226 Å². The van der Waals surface area contributed by atoms with Crippen molar-refractivity contribution in [1.29, 1.82) is 0 Å². The molecule has 10 nitrogen and oxygen atoms in total. The molecule has 0 saturated carbocycles. The van der Waals surface area contributed by atoms with Crippen molar-refractivity contribution in [3.05, 3.63) is 93.1 Å². The molecule has 2 heterocycles. The lowest BCUT2D eigenvalue weighted by molar-refractivity contribution is -0.139. The Balaban J connectivity index is 1.67. The molecule has 2 amide bonds. The number of carbonyl (C=O) groups is 3. The molecule has 0 bridgehead atoms. The van der Waals surface area contributed by atoms with Gasteiger partial charge >= 0.3 is 5.97 Å². The van der Waals surface area contributed by atoms with Gasteiger partial charge in [0.1, 0.15) is 5.82 Å². The van der Waals surface area contributed by atoms with Gasteiger partial charge in [0.25, 0.3) is 5.91 Å². The Bertz CT molecular complexity index is 1470. The number of allylic oxidation sites excluding steroid dienone is 1. The molecule has 2 aliphatic rings. The number of ether oxygens (including phenoxy) is 1. The van der Waals surface area contributed by atoms with E-state index in [1.54, 1.807) is 62.4 Å². The van der Waals surface area contributed by atoms with Crippen molar-refractivity contribution >= 4 is 29.2 Å². The highest BCUT2D eigenvalue weighted by atomic mass is 16.5. The van der Waals surface area contributed by atoms with E-state index in [4.69, 9.17) is 16.9 Å². The maximum atomic E-state index is 13.7. The number of terminal acetylenes is 1. The highest BCUT2D eigenvalue weighted by Gasteiger charge is 2.38. The number of anilines is 1. The van der Waals surface area contributed by atoms with Gasteiger partial charge in [0.05, 0.1) is 23.8 Å². The first-order valence-corrected chi connectivity index (χ1v) is 12.4. The molecule has 2 unspecified atom stereocenters. The van der Waals surface area contributed by atoms with Gasteiger partial charge in [-0.25, -0.2) is 4.79 Å². The maximum Gasteiger partial charge on any atom is 0.338 e. The van der Waals surface area contributed by atoms with E-state index >= 15 is 0 Å². The van der Waals surface area contributed by atoms with Gasteiger partial charge in [0, 0.05) is 34.9 Å². The summed E-state index contributed by atoms with van der Waals surface area (Å²) in [4.78, 5) is 38.3. The lowest BCUT2D eigenvalue weighted by Crippen LogP contribution is -2.37. The molecule has 0 saturated heterocycles. The fourth-order valence-electron chi connectivity index (χ4n) is 4.69. The topological polar surface area (TPSA) is 149 Å². The molecule has 2 atom stereocenters. The van der Waals surface area contributed by atoms with Crippen molar-refractivity contribution in [1.82, 2.24) is 10.5 Å². The second kappa shape index (κ2) is 11.2. The third kappa shape index (κ3) is 5.54. The number of carbonyl (C=O) groups excluding carboxylic acids is 3. The van der Waals surface area contributed by atoms with Crippen LogP contribution in [-0.4, -0.2) is 35.3 Å². The van der Waals surface area contributed by atoms with Crippen LogP contribution in [0.3, 0.4) is 0 Å². The van der Waals surface area contributed by atoms with Crippen molar-refractivity contribution in [2.75, 3.05) is 11.9 Å². The number of amides is 2. The van der Waals surface area contributed by atoms with Crippen molar-refractivity contribution in [3.8, 4) is 12.3 Å². The van der Waals surface area contributed by atoms with Gasteiger partial charge in [0.15, 0.2) is 0 Å². The Kier molecular flexibility index (Phi) is 7.83. The normalized spacial score (nSPS) is 19.2. The summed E-state index contributed by atoms with van der Waals surface area (Å²) in [7, 11) is 0. The Hall–Kier alpha value is -4.88. The summed E-state index contributed by atoms with van der Waals surface area (Å²) >= 11 is 0. The molecule has 0 aliphatic carbocycles. The van der Waals surface area contributed by atoms with Crippen LogP contribution in [0.15, 0.2) is 76.3 Å².